The minimum absolute atomic E-state index is 0. The smallest absolute Gasteiger partial charge is 0.371 e. The van der Waals surface area contributed by atoms with E-state index >= 15 is 0 Å². The van der Waals surface area contributed by atoms with Crippen LogP contribution in [0.3, 0.4) is 0 Å². The summed E-state index contributed by atoms with van der Waals surface area (Å²) in [5.74, 6) is 0.967. The van der Waals surface area contributed by atoms with Crippen LogP contribution in [0.15, 0.2) is 54.6 Å². The van der Waals surface area contributed by atoms with Crippen LogP contribution in [0.4, 0.5) is 0 Å². The molecule has 0 radical (unpaired) electrons. The van der Waals surface area contributed by atoms with E-state index in [9.17, 15) is 0 Å². The molecular formula is C18H20INO. The van der Waals surface area contributed by atoms with E-state index < -0.39 is 0 Å². The number of hydrogen-bond acceptors (Lipinski definition) is 1. The largest absolute Gasteiger partial charge is 1.00 e. The lowest BCUT2D eigenvalue weighted by Crippen LogP contribution is -3.00. The van der Waals surface area contributed by atoms with Gasteiger partial charge in [-0.2, -0.15) is 4.58 Å². The number of hydrogen-bond donors (Lipinski definition) is 0. The van der Waals surface area contributed by atoms with Crippen molar-refractivity contribution < 1.29 is 33.3 Å². The van der Waals surface area contributed by atoms with Gasteiger partial charge in [0.25, 0.3) is 0 Å². The third kappa shape index (κ3) is 2.98. The fourth-order valence-corrected chi connectivity index (χ4v) is 2.51. The summed E-state index contributed by atoms with van der Waals surface area (Å²) in [5, 5.41) is 0. The van der Waals surface area contributed by atoms with Gasteiger partial charge >= 0.3 is 5.90 Å². The van der Waals surface area contributed by atoms with Crippen LogP contribution in [0.5, 0.6) is 0 Å². The summed E-state index contributed by atoms with van der Waals surface area (Å²) in [4.78, 5) is 0. The second-order valence-electron chi connectivity index (χ2n) is 5.88. The van der Waals surface area contributed by atoms with Crippen LogP contribution in [0.1, 0.15) is 19.4 Å². The highest BCUT2D eigenvalue weighted by Gasteiger charge is 2.40. The van der Waals surface area contributed by atoms with Crippen molar-refractivity contribution in [3.63, 3.8) is 0 Å². The summed E-state index contributed by atoms with van der Waals surface area (Å²) in [6.07, 6.45) is 0. The molecule has 0 aliphatic carbocycles. The molecule has 1 aliphatic rings. The van der Waals surface area contributed by atoms with Gasteiger partial charge in [-0.3, -0.25) is 0 Å². The predicted molar refractivity (Wildman–Crippen MR) is 82.2 cm³/mol. The van der Waals surface area contributed by atoms with Crippen molar-refractivity contribution >= 4 is 5.90 Å². The van der Waals surface area contributed by atoms with E-state index in [4.69, 9.17) is 4.74 Å². The molecule has 0 bridgehead atoms. The first-order chi connectivity index (χ1) is 9.59. The van der Waals surface area contributed by atoms with Crippen molar-refractivity contribution in [2.45, 2.75) is 19.4 Å². The summed E-state index contributed by atoms with van der Waals surface area (Å²) >= 11 is 0. The quantitative estimate of drug-likeness (QED) is 0.537. The lowest BCUT2D eigenvalue weighted by Gasteiger charge is -2.10. The SMILES string of the molecule is C[N+]1=C(c2ccccc2-c2ccccc2)OCC1(C)C.[I-]. The lowest BCUT2D eigenvalue weighted by atomic mass is 9.99. The first-order valence-corrected chi connectivity index (χ1v) is 6.98. The van der Waals surface area contributed by atoms with Crippen molar-refractivity contribution in [2.24, 2.45) is 0 Å². The normalized spacial score (nSPS) is 16.3. The van der Waals surface area contributed by atoms with Gasteiger partial charge < -0.3 is 28.7 Å². The average Bonchev–Trinajstić information content (AvgIpc) is 2.74. The molecule has 2 aromatic carbocycles. The molecule has 0 fully saturated rings. The molecule has 0 saturated heterocycles. The molecule has 0 spiro atoms. The Labute approximate surface area is 143 Å². The molecule has 0 N–H and O–H groups in total. The summed E-state index contributed by atoms with van der Waals surface area (Å²) in [6.45, 7) is 5.12. The highest BCUT2D eigenvalue weighted by molar-refractivity contribution is 5.98. The van der Waals surface area contributed by atoms with Gasteiger partial charge in [0.2, 0.25) is 0 Å². The average molecular weight is 393 g/mol. The van der Waals surface area contributed by atoms with Crippen LogP contribution in [0.25, 0.3) is 11.1 Å². The van der Waals surface area contributed by atoms with Gasteiger partial charge in [0, 0.05) is 13.8 Å². The maximum Gasteiger partial charge on any atom is 0.371 e. The maximum absolute atomic E-state index is 5.97. The Morgan fingerprint density at radius 3 is 2.05 bits per heavy atom. The van der Waals surface area contributed by atoms with Gasteiger partial charge in [-0.25, -0.2) is 0 Å². The fourth-order valence-electron chi connectivity index (χ4n) is 2.51. The van der Waals surface area contributed by atoms with Crippen molar-refractivity contribution in [3.8, 4) is 11.1 Å². The highest BCUT2D eigenvalue weighted by atomic mass is 127. The van der Waals surface area contributed by atoms with Gasteiger partial charge in [-0.05, 0) is 17.2 Å². The number of halogens is 1. The van der Waals surface area contributed by atoms with Gasteiger partial charge in [0.05, 0.1) is 5.56 Å². The zero-order valence-electron chi connectivity index (χ0n) is 12.6. The molecule has 0 aromatic heterocycles. The Hall–Kier alpha value is -1.36. The van der Waals surface area contributed by atoms with Crippen LogP contribution < -0.4 is 24.0 Å². The molecule has 2 aromatic rings. The molecule has 0 unspecified atom stereocenters. The third-order valence-electron chi connectivity index (χ3n) is 4.02. The first kappa shape index (κ1) is 16.0. The van der Waals surface area contributed by atoms with E-state index in [-0.39, 0.29) is 29.5 Å². The molecule has 1 aliphatic heterocycles. The molecule has 0 atom stereocenters. The monoisotopic (exact) mass is 393 g/mol. The van der Waals surface area contributed by atoms with E-state index in [1.54, 1.807) is 0 Å². The van der Waals surface area contributed by atoms with E-state index in [0.717, 1.165) is 18.1 Å². The minimum Gasteiger partial charge on any atom is -1.00 e. The molecule has 0 saturated carbocycles. The van der Waals surface area contributed by atoms with E-state index in [1.165, 1.54) is 11.1 Å². The molecule has 3 rings (SSSR count). The van der Waals surface area contributed by atoms with Crippen LogP contribution in [0.2, 0.25) is 0 Å². The van der Waals surface area contributed by atoms with Crippen molar-refractivity contribution in [3.05, 3.63) is 60.2 Å². The Morgan fingerprint density at radius 2 is 1.48 bits per heavy atom. The van der Waals surface area contributed by atoms with Gasteiger partial charge in [0.1, 0.15) is 7.05 Å². The molecule has 110 valence electrons. The Morgan fingerprint density at radius 1 is 0.905 bits per heavy atom. The summed E-state index contributed by atoms with van der Waals surface area (Å²) in [5.41, 5.74) is 3.64. The third-order valence-corrected chi connectivity index (χ3v) is 4.02. The Balaban J connectivity index is 0.00000161. The number of nitrogens with zero attached hydrogens (tertiary/aromatic N) is 1. The molecular weight excluding hydrogens is 373 g/mol. The van der Waals surface area contributed by atoms with E-state index in [2.05, 4.69) is 74.0 Å². The fraction of sp³-hybridized carbons (Fsp3) is 0.278. The molecule has 3 heteroatoms. The topological polar surface area (TPSA) is 12.2 Å². The van der Waals surface area contributed by atoms with Gasteiger partial charge in [-0.15, -0.1) is 0 Å². The zero-order chi connectivity index (χ0) is 14.2. The second kappa shape index (κ2) is 6.18. The predicted octanol–water partition coefficient (Wildman–Crippen LogP) is 0.555. The zero-order valence-corrected chi connectivity index (χ0v) is 14.8. The molecule has 21 heavy (non-hydrogen) atoms. The summed E-state index contributed by atoms with van der Waals surface area (Å²) < 4.78 is 8.20. The number of likely N-dealkylation sites (N-methyl/N-ethyl adjacent to an activating group) is 1. The summed E-state index contributed by atoms with van der Waals surface area (Å²) in [7, 11) is 2.10. The molecule has 2 nitrogen and oxygen atoms in total. The van der Waals surface area contributed by atoms with Crippen molar-refractivity contribution in [1.29, 1.82) is 0 Å². The van der Waals surface area contributed by atoms with Crippen LogP contribution in [0, 0.1) is 0 Å². The molecule has 0 amide bonds. The molecule has 1 heterocycles. The van der Waals surface area contributed by atoms with Gasteiger partial charge in [0.15, 0.2) is 12.1 Å². The van der Waals surface area contributed by atoms with E-state index in [1.807, 2.05) is 6.07 Å². The number of ether oxygens (including phenoxy) is 1. The summed E-state index contributed by atoms with van der Waals surface area (Å²) in [6, 6.07) is 18.9. The Bertz CT molecular complexity index is 662. The van der Waals surface area contributed by atoms with E-state index in [0.29, 0.717) is 0 Å². The van der Waals surface area contributed by atoms with Crippen molar-refractivity contribution in [2.75, 3.05) is 13.7 Å². The lowest BCUT2D eigenvalue weighted by molar-refractivity contribution is -0.562. The van der Waals surface area contributed by atoms with Gasteiger partial charge in [-0.1, -0.05) is 48.5 Å². The maximum atomic E-state index is 5.97. The highest BCUT2D eigenvalue weighted by Crippen LogP contribution is 2.27. The van der Waals surface area contributed by atoms with Crippen molar-refractivity contribution in [1.82, 2.24) is 0 Å². The number of benzene rings is 2. The second-order valence-corrected chi connectivity index (χ2v) is 5.88. The van der Waals surface area contributed by atoms with Crippen LogP contribution in [-0.4, -0.2) is 29.7 Å². The Kier molecular flexibility index (Phi) is 4.71. The minimum atomic E-state index is 0. The number of rotatable bonds is 2. The standard InChI is InChI=1S/C18H20NO.HI/c1-18(2)13-20-17(19(18)3)16-12-8-7-11-15(16)14-9-5-4-6-10-14;/h4-12H,13H2,1-3H3;1H/q+1;/p-1. The van der Waals surface area contributed by atoms with Crippen LogP contribution in [-0.2, 0) is 4.74 Å². The van der Waals surface area contributed by atoms with Crippen LogP contribution >= 0.6 is 0 Å². The first-order valence-electron chi connectivity index (χ1n) is 6.98.